The van der Waals surface area contributed by atoms with Crippen molar-refractivity contribution >= 4 is 16.8 Å². The van der Waals surface area contributed by atoms with Gasteiger partial charge in [-0.1, -0.05) is 0 Å². The minimum atomic E-state index is 0.352. The SMILES string of the molecule is Cc1nc2cc(NC3CCC(N)C3)ccc2o1. The van der Waals surface area contributed by atoms with Gasteiger partial charge in [0.2, 0.25) is 0 Å². The number of hydrogen-bond acceptors (Lipinski definition) is 4. The number of nitrogens with one attached hydrogen (secondary N) is 1. The van der Waals surface area contributed by atoms with Crippen LogP contribution < -0.4 is 11.1 Å². The summed E-state index contributed by atoms with van der Waals surface area (Å²) in [7, 11) is 0. The van der Waals surface area contributed by atoms with E-state index in [-0.39, 0.29) is 0 Å². The molecular weight excluding hydrogens is 214 g/mol. The van der Waals surface area contributed by atoms with Crippen LogP contribution in [0.1, 0.15) is 25.2 Å². The number of oxazole rings is 1. The predicted molar refractivity (Wildman–Crippen MR) is 68.0 cm³/mol. The molecule has 1 aliphatic carbocycles. The van der Waals surface area contributed by atoms with Crippen molar-refractivity contribution in [2.24, 2.45) is 5.73 Å². The average molecular weight is 231 g/mol. The molecule has 0 bridgehead atoms. The standard InChI is InChI=1S/C13H17N3O/c1-8-15-12-7-11(4-5-13(12)17-8)16-10-3-2-9(14)6-10/h4-5,7,9-10,16H,2-3,6,14H2,1H3. The van der Waals surface area contributed by atoms with Gasteiger partial charge in [-0.25, -0.2) is 4.98 Å². The van der Waals surface area contributed by atoms with Crippen molar-refractivity contribution in [2.75, 3.05) is 5.32 Å². The fourth-order valence-electron chi connectivity index (χ4n) is 2.52. The second-order valence-corrected chi connectivity index (χ2v) is 4.83. The lowest BCUT2D eigenvalue weighted by molar-refractivity contribution is 0.561. The maximum Gasteiger partial charge on any atom is 0.192 e. The molecule has 3 N–H and O–H groups in total. The summed E-state index contributed by atoms with van der Waals surface area (Å²) in [5.74, 6) is 0.708. The third-order valence-electron chi connectivity index (χ3n) is 3.34. The number of benzene rings is 1. The number of rotatable bonds is 2. The molecule has 0 aliphatic heterocycles. The van der Waals surface area contributed by atoms with E-state index in [1.807, 2.05) is 25.1 Å². The van der Waals surface area contributed by atoms with E-state index in [0.29, 0.717) is 18.0 Å². The van der Waals surface area contributed by atoms with Gasteiger partial charge in [0.15, 0.2) is 11.5 Å². The molecule has 4 heteroatoms. The lowest BCUT2D eigenvalue weighted by Gasteiger charge is -2.13. The number of anilines is 1. The van der Waals surface area contributed by atoms with E-state index < -0.39 is 0 Å². The molecule has 0 amide bonds. The molecule has 17 heavy (non-hydrogen) atoms. The summed E-state index contributed by atoms with van der Waals surface area (Å²) in [6, 6.07) is 6.89. The first-order chi connectivity index (χ1) is 8.20. The van der Waals surface area contributed by atoms with E-state index in [2.05, 4.69) is 10.3 Å². The second kappa shape index (κ2) is 4.04. The van der Waals surface area contributed by atoms with Crippen molar-refractivity contribution < 1.29 is 4.42 Å². The summed E-state index contributed by atoms with van der Waals surface area (Å²) < 4.78 is 5.45. The smallest absolute Gasteiger partial charge is 0.192 e. The Morgan fingerprint density at radius 1 is 1.41 bits per heavy atom. The largest absolute Gasteiger partial charge is 0.441 e. The minimum absolute atomic E-state index is 0.352. The Bertz CT molecular complexity index is 534. The third kappa shape index (κ3) is 2.13. The van der Waals surface area contributed by atoms with Crippen molar-refractivity contribution in [2.45, 2.75) is 38.3 Å². The molecule has 2 atom stereocenters. The van der Waals surface area contributed by atoms with Gasteiger partial charge in [0.25, 0.3) is 0 Å². The molecule has 0 radical (unpaired) electrons. The fraction of sp³-hybridized carbons (Fsp3) is 0.462. The molecule has 1 aromatic carbocycles. The number of nitrogens with zero attached hydrogens (tertiary/aromatic N) is 1. The number of aryl methyl sites for hydroxylation is 1. The number of fused-ring (bicyclic) bond motifs is 1. The topological polar surface area (TPSA) is 64.1 Å². The van der Waals surface area contributed by atoms with Gasteiger partial charge in [0, 0.05) is 24.7 Å². The summed E-state index contributed by atoms with van der Waals surface area (Å²) in [6.07, 6.45) is 3.32. The predicted octanol–water partition coefficient (Wildman–Crippen LogP) is 2.43. The molecule has 1 fully saturated rings. The van der Waals surface area contributed by atoms with Crippen molar-refractivity contribution in [3.8, 4) is 0 Å². The van der Waals surface area contributed by atoms with E-state index >= 15 is 0 Å². The van der Waals surface area contributed by atoms with Crippen LogP contribution in [0.3, 0.4) is 0 Å². The summed E-state index contributed by atoms with van der Waals surface area (Å²) in [5.41, 5.74) is 8.76. The normalized spacial score (nSPS) is 24.4. The van der Waals surface area contributed by atoms with Crippen LogP contribution in [0.25, 0.3) is 11.1 Å². The molecule has 2 unspecified atom stereocenters. The molecule has 0 saturated heterocycles. The molecule has 1 aromatic heterocycles. The van der Waals surface area contributed by atoms with E-state index in [0.717, 1.165) is 36.0 Å². The minimum Gasteiger partial charge on any atom is -0.441 e. The summed E-state index contributed by atoms with van der Waals surface area (Å²) in [4.78, 5) is 4.33. The highest BCUT2D eigenvalue weighted by atomic mass is 16.3. The molecule has 0 spiro atoms. The second-order valence-electron chi connectivity index (χ2n) is 4.83. The zero-order valence-corrected chi connectivity index (χ0v) is 9.94. The Morgan fingerprint density at radius 2 is 2.29 bits per heavy atom. The first-order valence-corrected chi connectivity index (χ1v) is 6.10. The first kappa shape index (κ1) is 10.6. The maximum absolute atomic E-state index is 5.91. The molecule has 4 nitrogen and oxygen atoms in total. The van der Waals surface area contributed by atoms with Crippen LogP contribution in [0.4, 0.5) is 5.69 Å². The van der Waals surface area contributed by atoms with Gasteiger partial charge in [-0.2, -0.15) is 0 Å². The van der Waals surface area contributed by atoms with Crippen LogP contribution in [0, 0.1) is 6.92 Å². The van der Waals surface area contributed by atoms with Gasteiger partial charge < -0.3 is 15.5 Å². The van der Waals surface area contributed by atoms with Crippen LogP contribution in [-0.4, -0.2) is 17.1 Å². The lowest BCUT2D eigenvalue weighted by atomic mass is 10.2. The van der Waals surface area contributed by atoms with Crippen LogP contribution in [0.2, 0.25) is 0 Å². The number of nitrogens with two attached hydrogens (primary N) is 1. The van der Waals surface area contributed by atoms with Crippen LogP contribution in [0.15, 0.2) is 22.6 Å². The summed E-state index contributed by atoms with van der Waals surface area (Å²) in [5, 5.41) is 3.51. The summed E-state index contributed by atoms with van der Waals surface area (Å²) in [6.45, 7) is 1.86. The molecule has 2 aromatic rings. The third-order valence-corrected chi connectivity index (χ3v) is 3.34. The lowest BCUT2D eigenvalue weighted by Crippen LogP contribution is -2.20. The maximum atomic E-state index is 5.91. The zero-order valence-electron chi connectivity index (χ0n) is 9.94. The van der Waals surface area contributed by atoms with Crippen molar-refractivity contribution in [1.29, 1.82) is 0 Å². The highest BCUT2D eigenvalue weighted by Crippen LogP contribution is 2.24. The van der Waals surface area contributed by atoms with E-state index in [9.17, 15) is 0 Å². The van der Waals surface area contributed by atoms with E-state index in [4.69, 9.17) is 10.2 Å². The molecule has 1 saturated carbocycles. The molecule has 3 rings (SSSR count). The van der Waals surface area contributed by atoms with Crippen LogP contribution in [0.5, 0.6) is 0 Å². The van der Waals surface area contributed by atoms with Crippen LogP contribution >= 0.6 is 0 Å². The Kier molecular flexibility index (Phi) is 2.52. The fourth-order valence-corrected chi connectivity index (χ4v) is 2.52. The highest BCUT2D eigenvalue weighted by molar-refractivity contribution is 5.77. The van der Waals surface area contributed by atoms with Gasteiger partial charge in [0.05, 0.1) is 0 Å². The van der Waals surface area contributed by atoms with Crippen LogP contribution in [-0.2, 0) is 0 Å². The van der Waals surface area contributed by atoms with Gasteiger partial charge >= 0.3 is 0 Å². The van der Waals surface area contributed by atoms with E-state index in [1.165, 1.54) is 0 Å². The Balaban J connectivity index is 1.80. The molecule has 1 heterocycles. The van der Waals surface area contributed by atoms with Crippen molar-refractivity contribution in [3.63, 3.8) is 0 Å². The quantitative estimate of drug-likeness (QED) is 0.833. The van der Waals surface area contributed by atoms with Gasteiger partial charge in [-0.3, -0.25) is 0 Å². The van der Waals surface area contributed by atoms with Gasteiger partial charge in [-0.15, -0.1) is 0 Å². The zero-order chi connectivity index (χ0) is 11.8. The number of hydrogen-bond donors (Lipinski definition) is 2. The molecule has 90 valence electrons. The Hall–Kier alpha value is -1.55. The highest BCUT2D eigenvalue weighted by Gasteiger charge is 2.21. The van der Waals surface area contributed by atoms with Gasteiger partial charge in [-0.05, 0) is 37.5 Å². The first-order valence-electron chi connectivity index (χ1n) is 6.10. The number of aromatic nitrogens is 1. The summed E-state index contributed by atoms with van der Waals surface area (Å²) >= 11 is 0. The van der Waals surface area contributed by atoms with E-state index in [1.54, 1.807) is 0 Å². The van der Waals surface area contributed by atoms with Gasteiger partial charge in [0.1, 0.15) is 5.52 Å². The average Bonchev–Trinajstić information content (AvgIpc) is 2.83. The Labute approximate surface area is 100 Å². The molecule has 1 aliphatic rings. The van der Waals surface area contributed by atoms with Crippen molar-refractivity contribution in [3.05, 3.63) is 24.1 Å². The Morgan fingerprint density at radius 3 is 3.06 bits per heavy atom. The van der Waals surface area contributed by atoms with Crippen molar-refractivity contribution in [1.82, 2.24) is 4.98 Å². The molecular formula is C13H17N3O. The monoisotopic (exact) mass is 231 g/mol.